The summed E-state index contributed by atoms with van der Waals surface area (Å²) >= 11 is 12.2. The van der Waals surface area contributed by atoms with Crippen molar-refractivity contribution in [2.45, 2.75) is 20.8 Å². The van der Waals surface area contributed by atoms with E-state index in [2.05, 4.69) is 5.32 Å². The first-order valence-electron chi connectivity index (χ1n) is 7.38. The first-order chi connectivity index (χ1) is 11.3. The molecule has 126 valence electrons. The number of hydrogen-bond donors (Lipinski definition) is 1. The predicted octanol–water partition coefficient (Wildman–Crippen LogP) is 4.60. The molecule has 2 aromatic rings. The van der Waals surface area contributed by atoms with E-state index < -0.39 is 0 Å². The summed E-state index contributed by atoms with van der Waals surface area (Å²) < 4.78 is 0. The van der Waals surface area contributed by atoms with Crippen molar-refractivity contribution in [1.29, 1.82) is 0 Å². The van der Waals surface area contributed by atoms with E-state index in [1.807, 2.05) is 19.9 Å². The third-order valence-corrected chi connectivity index (χ3v) is 4.03. The molecule has 2 rings (SSSR count). The number of anilines is 2. The zero-order chi connectivity index (χ0) is 17.9. The molecule has 0 unspecified atom stereocenters. The van der Waals surface area contributed by atoms with Gasteiger partial charge in [0.25, 0.3) is 0 Å². The summed E-state index contributed by atoms with van der Waals surface area (Å²) in [6.07, 6.45) is 0. The van der Waals surface area contributed by atoms with Crippen LogP contribution in [0.4, 0.5) is 11.4 Å². The highest BCUT2D eigenvalue weighted by Crippen LogP contribution is 2.27. The molecule has 0 spiro atoms. The Morgan fingerprint density at radius 1 is 1.12 bits per heavy atom. The number of amides is 2. The highest BCUT2D eigenvalue weighted by molar-refractivity contribution is 6.34. The minimum absolute atomic E-state index is 0.126. The molecule has 0 aliphatic rings. The lowest BCUT2D eigenvalue weighted by molar-refractivity contribution is -0.120. The van der Waals surface area contributed by atoms with E-state index in [9.17, 15) is 9.59 Å². The van der Waals surface area contributed by atoms with Gasteiger partial charge in [0.05, 0.1) is 10.7 Å². The van der Waals surface area contributed by atoms with Crippen LogP contribution in [0.1, 0.15) is 18.1 Å². The molecule has 0 heterocycles. The Bertz CT molecular complexity index is 767. The molecule has 0 aliphatic heterocycles. The molecular formula is C18H18Cl2N2O2. The molecule has 0 bridgehead atoms. The highest BCUT2D eigenvalue weighted by Gasteiger charge is 2.17. The van der Waals surface area contributed by atoms with E-state index in [-0.39, 0.29) is 18.4 Å². The summed E-state index contributed by atoms with van der Waals surface area (Å²) in [7, 11) is 0. The van der Waals surface area contributed by atoms with Crippen molar-refractivity contribution >= 4 is 46.4 Å². The van der Waals surface area contributed by atoms with Crippen molar-refractivity contribution < 1.29 is 9.59 Å². The second kappa shape index (κ2) is 7.69. The molecule has 0 aliphatic carbocycles. The number of hydrogen-bond acceptors (Lipinski definition) is 2. The monoisotopic (exact) mass is 364 g/mol. The molecular weight excluding hydrogens is 347 g/mol. The number of nitrogens with zero attached hydrogens (tertiary/aromatic N) is 1. The van der Waals surface area contributed by atoms with Gasteiger partial charge in [-0.15, -0.1) is 0 Å². The summed E-state index contributed by atoms with van der Waals surface area (Å²) in [5.74, 6) is -0.585. The predicted molar refractivity (Wildman–Crippen MR) is 99.0 cm³/mol. The van der Waals surface area contributed by atoms with Gasteiger partial charge in [0.2, 0.25) is 11.8 Å². The summed E-state index contributed by atoms with van der Waals surface area (Å²) in [5, 5.41) is 3.74. The van der Waals surface area contributed by atoms with Gasteiger partial charge in [0.15, 0.2) is 0 Å². The van der Waals surface area contributed by atoms with E-state index in [0.717, 1.165) is 11.1 Å². The van der Waals surface area contributed by atoms with Gasteiger partial charge in [-0.05, 0) is 49.2 Å². The average Bonchev–Trinajstić information content (AvgIpc) is 2.48. The molecule has 0 fully saturated rings. The summed E-state index contributed by atoms with van der Waals surface area (Å²) in [6, 6.07) is 10.5. The lowest BCUT2D eigenvalue weighted by Gasteiger charge is -2.21. The Labute approximate surface area is 151 Å². The standard InChI is InChI=1S/C18H18Cl2N2O2/c1-11-7-12(2)18(16(20)8-11)21-17(24)10-22(13(3)23)15-6-4-5-14(19)9-15/h4-9H,10H2,1-3H3,(H,21,24). The molecule has 0 aromatic heterocycles. The van der Waals surface area contributed by atoms with Gasteiger partial charge < -0.3 is 10.2 Å². The van der Waals surface area contributed by atoms with Crippen LogP contribution in [0.2, 0.25) is 10.0 Å². The van der Waals surface area contributed by atoms with E-state index in [1.54, 1.807) is 30.3 Å². The Morgan fingerprint density at radius 2 is 1.83 bits per heavy atom. The second-order valence-corrected chi connectivity index (χ2v) is 6.42. The molecule has 0 atom stereocenters. The maximum Gasteiger partial charge on any atom is 0.244 e. The number of carbonyl (C=O) groups is 2. The number of nitrogens with one attached hydrogen (secondary N) is 1. The summed E-state index contributed by atoms with van der Waals surface area (Å²) in [6.45, 7) is 5.08. The molecule has 4 nitrogen and oxygen atoms in total. The maximum absolute atomic E-state index is 12.4. The van der Waals surface area contributed by atoms with Crippen LogP contribution < -0.4 is 10.2 Å². The van der Waals surface area contributed by atoms with E-state index in [0.29, 0.717) is 21.4 Å². The zero-order valence-corrected chi connectivity index (χ0v) is 15.2. The third-order valence-electron chi connectivity index (χ3n) is 3.50. The van der Waals surface area contributed by atoms with Crippen molar-refractivity contribution in [3.05, 3.63) is 57.6 Å². The van der Waals surface area contributed by atoms with Crippen LogP contribution in [0, 0.1) is 13.8 Å². The van der Waals surface area contributed by atoms with Crippen molar-refractivity contribution in [2.24, 2.45) is 0 Å². The van der Waals surface area contributed by atoms with Gasteiger partial charge in [-0.25, -0.2) is 0 Å². The molecule has 6 heteroatoms. The van der Waals surface area contributed by atoms with Crippen LogP contribution in [0.25, 0.3) is 0 Å². The Morgan fingerprint density at radius 3 is 2.42 bits per heavy atom. The van der Waals surface area contributed by atoms with Crippen LogP contribution >= 0.6 is 23.2 Å². The fourth-order valence-corrected chi connectivity index (χ4v) is 2.98. The summed E-state index contributed by atoms with van der Waals surface area (Å²) in [4.78, 5) is 25.6. The van der Waals surface area contributed by atoms with Crippen LogP contribution in [-0.4, -0.2) is 18.4 Å². The van der Waals surface area contributed by atoms with Gasteiger partial charge >= 0.3 is 0 Å². The summed E-state index contributed by atoms with van der Waals surface area (Å²) in [5.41, 5.74) is 3.00. The minimum atomic E-state index is -0.334. The second-order valence-electron chi connectivity index (χ2n) is 5.57. The van der Waals surface area contributed by atoms with Gasteiger partial charge in [-0.2, -0.15) is 0 Å². The normalized spacial score (nSPS) is 10.4. The van der Waals surface area contributed by atoms with Crippen LogP contribution in [-0.2, 0) is 9.59 Å². The van der Waals surface area contributed by atoms with Crippen molar-refractivity contribution in [2.75, 3.05) is 16.8 Å². The number of carbonyl (C=O) groups excluding carboxylic acids is 2. The fraction of sp³-hybridized carbons (Fsp3) is 0.222. The van der Waals surface area contributed by atoms with E-state index in [4.69, 9.17) is 23.2 Å². The Kier molecular flexibility index (Phi) is 5.86. The van der Waals surface area contributed by atoms with Crippen LogP contribution in [0.15, 0.2) is 36.4 Å². The van der Waals surface area contributed by atoms with Gasteiger partial charge in [0.1, 0.15) is 6.54 Å². The molecule has 2 aromatic carbocycles. The van der Waals surface area contributed by atoms with Crippen molar-refractivity contribution in [3.63, 3.8) is 0 Å². The molecule has 2 amide bonds. The largest absolute Gasteiger partial charge is 0.323 e. The molecule has 24 heavy (non-hydrogen) atoms. The number of rotatable bonds is 4. The first kappa shape index (κ1) is 18.3. The highest BCUT2D eigenvalue weighted by atomic mass is 35.5. The molecule has 0 saturated heterocycles. The minimum Gasteiger partial charge on any atom is -0.323 e. The first-order valence-corrected chi connectivity index (χ1v) is 8.14. The molecule has 0 radical (unpaired) electrons. The lowest BCUT2D eigenvalue weighted by atomic mass is 10.1. The number of halogens is 2. The van der Waals surface area contributed by atoms with Gasteiger partial charge in [-0.3, -0.25) is 9.59 Å². The van der Waals surface area contributed by atoms with Gasteiger partial charge in [-0.1, -0.05) is 35.3 Å². The molecule has 0 saturated carbocycles. The maximum atomic E-state index is 12.4. The SMILES string of the molecule is CC(=O)N(CC(=O)Nc1c(C)cc(C)cc1Cl)c1cccc(Cl)c1. The fourth-order valence-electron chi connectivity index (χ4n) is 2.43. The third kappa shape index (κ3) is 4.49. The molecule has 1 N–H and O–H groups in total. The van der Waals surface area contributed by atoms with Crippen LogP contribution in [0.3, 0.4) is 0 Å². The van der Waals surface area contributed by atoms with E-state index in [1.165, 1.54) is 11.8 Å². The Balaban J connectivity index is 2.19. The topological polar surface area (TPSA) is 49.4 Å². The lowest BCUT2D eigenvalue weighted by Crippen LogP contribution is -2.36. The van der Waals surface area contributed by atoms with Crippen LogP contribution in [0.5, 0.6) is 0 Å². The van der Waals surface area contributed by atoms with Gasteiger partial charge in [0, 0.05) is 17.6 Å². The van der Waals surface area contributed by atoms with E-state index >= 15 is 0 Å². The van der Waals surface area contributed by atoms with Crippen molar-refractivity contribution in [1.82, 2.24) is 0 Å². The smallest absolute Gasteiger partial charge is 0.244 e. The van der Waals surface area contributed by atoms with Crippen molar-refractivity contribution in [3.8, 4) is 0 Å². The Hall–Kier alpha value is -2.04. The zero-order valence-electron chi connectivity index (χ0n) is 13.7. The number of aryl methyl sites for hydroxylation is 2. The number of benzene rings is 2. The average molecular weight is 365 g/mol. The quantitative estimate of drug-likeness (QED) is 0.861.